The summed E-state index contributed by atoms with van der Waals surface area (Å²) in [5, 5.41) is 4.05. The number of hydrogen-bond acceptors (Lipinski definition) is 2. The highest BCUT2D eigenvalue weighted by Gasteiger charge is 2.25. The first-order valence-electron chi connectivity index (χ1n) is 5.68. The first-order valence-corrected chi connectivity index (χ1v) is 7.15. The Hall–Kier alpha value is -0.540. The van der Waals surface area contributed by atoms with Crippen LogP contribution in [0.1, 0.15) is 24.8 Å². The van der Waals surface area contributed by atoms with Gasteiger partial charge in [-0.3, -0.25) is 4.79 Å². The second kappa shape index (κ2) is 5.69. The number of carbonyl (C=O) groups excluding carboxylic acids is 1. The van der Waals surface area contributed by atoms with Crippen molar-refractivity contribution in [3.8, 4) is 0 Å². The Morgan fingerprint density at radius 1 is 1.56 bits per heavy atom. The summed E-state index contributed by atoms with van der Waals surface area (Å²) in [5.74, 6) is 0.791. The van der Waals surface area contributed by atoms with Crippen molar-refractivity contribution in [1.29, 1.82) is 0 Å². The van der Waals surface area contributed by atoms with Crippen molar-refractivity contribution in [2.75, 3.05) is 12.4 Å². The minimum atomic E-state index is 0.226. The summed E-state index contributed by atoms with van der Waals surface area (Å²) in [6.07, 6.45) is 3.89. The van der Waals surface area contributed by atoms with Crippen molar-refractivity contribution >= 4 is 28.8 Å². The molecule has 1 aliphatic rings. The van der Waals surface area contributed by atoms with Gasteiger partial charge < -0.3 is 4.90 Å². The van der Waals surface area contributed by atoms with Gasteiger partial charge >= 0.3 is 0 Å². The Balaban J connectivity index is 1.97. The maximum absolute atomic E-state index is 12.1. The average molecular weight is 258 g/mol. The van der Waals surface area contributed by atoms with E-state index in [0.29, 0.717) is 12.3 Å². The van der Waals surface area contributed by atoms with E-state index in [-0.39, 0.29) is 11.9 Å². The highest BCUT2D eigenvalue weighted by molar-refractivity contribution is 7.07. The van der Waals surface area contributed by atoms with E-state index in [4.69, 9.17) is 11.6 Å². The number of alkyl halides is 1. The minimum Gasteiger partial charge on any atom is -0.338 e. The molecule has 1 unspecified atom stereocenters. The van der Waals surface area contributed by atoms with Crippen molar-refractivity contribution < 1.29 is 4.79 Å². The molecular formula is C12H16ClNOS. The molecule has 1 aromatic rings. The molecule has 0 aromatic carbocycles. The van der Waals surface area contributed by atoms with Crippen LogP contribution in [-0.2, 0) is 11.2 Å². The number of hydrogen-bond donors (Lipinski definition) is 0. The van der Waals surface area contributed by atoms with Gasteiger partial charge in [0.1, 0.15) is 0 Å². The highest BCUT2D eigenvalue weighted by Crippen LogP contribution is 2.19. The highest BCUT2D eigenvalue weighted by atomic mass is 35.5. The Bertz CT molecular complexity index is 339. The van der Waals surface area contributed by atoms with E-state index in [9.17, 15) is 4.79 Å². The summed E-state index contributed by atoms with van der Waals surface area (Å²) in [7, 11) is 0. The average Bonchev–Trinajstić information content (AvgIpc) is 2.81. The van der Waals surface area contributed by atoms with E-state index in [2.05, 4.69) is 0 Å². The van der Waals surface area contributed by atoms with Crippen LogP contribution in [0, 0.1) is 0 Å². The smallest absolute Gasteiger partial charge is 0.227 e. The lowest BCUT2D eigenvalue weighted by molar-refractivity contribution is -0.133. The predicted octanol–water partition coefficient (Wildman–Crippen LogP) is 2.91. The predicted molar refractivity (Wildman–Crippen MR) is 68.1 cm³/mol. The van der Waals surface area contributed by atoms with Crippen LogP contribution in [0.4, 0.5) is 0 Å². The lowest BCUT2D eigenvalue weighted by atomic mass is 10.0. The largest absolute Gasteiger partial charge is 0.338 e. The van der Waals surface area contributed by atoms with Crippen LogP contribution in [-0.4, -0.2) is 29.3 Å². The summed E-state index contributed by atoms with van der Waals surface area (Å²) < 4.78 is 0. The van der Waals surface area contributed by atoms with Crippen molar-refractivity contribution in [2.24, 2.45) is 0 Å². The molecule has 0 saturated carbocycles. The third-order valence-corrected chi connectivity index (χ3v) is 4.15. The molecule has 1 aromatic heterocycles. The topological polar surface area (TPSA) is 20.3 Å². The van der Waals surface area contributed by atoms with Gasteiger partial charge in [-0.15, -0.1) is 11.6 Å². The van der Waals surface area contributed by atoms with Gasteiger partial charge in [-0.2, -0.15) is 11.3 Å². The van der Waals surface area contributed by atoms with Crippen molar-refractivity contribution in [3.05, 3.63) is 22.4 Å². The number of halogens is 1. The van der Waals surface area contributed by atoms with Gasteiger partial charge in [-0.05, 0) is 41.7 Å². The lowest BCUT2D eigenvalue weighted by Gasteiger charge is -2.34. The zero-order valence-corrected chi connectivity index (χ0v) is 10.8. The molecule has 0 spiro atoms. The van der Waals surface area contributed by atoms with Crippen LogP contribution in [0.5, 0.6) is 0 Å². The molecule has 1 fully saturated rings. The summed E-state index contributed by atoms with van der Waals surface area (Å²) in [6.45, 7) is 0.875. The van der Waals surface area contributed by atoms with Crippen LogP contribution in [0.3, 0.4) is 0 Å². The fraction of sp³-hybridized carbons (Fsp3) is 0.583. The molecule has 0 radical (unpaired) electrons. The number of amides is 1. The second-order valence-corrected chi connectivity index (χ2v) is 5.29. The van der Waals surface area contributed by atoms with E-state index in [1.807, 2.05) is 21.7 Å². The zero-order chi connectivity index (χ0) is 11.4. The molecule has 0 aliphatic carbocycles. The molecule has 0 bridgehead atoms. The lowest BCUT2D eigenvalue weighted by Crippen LogP contribution is -2.45. The van der Waals surface area contributed by atoms with E-state index >= 15 is 0 Å². The van der Waals surface area contributed by atoms with E-state index in [1.54, 1.807) is 11.3 Å². The first-order chi connectivity index (χ1) is 7.81. The molecule has 2 rings (SSSR count). The normalized spacial score (nSPS) is 21.1. The van der Waals surface area contributed by atoms with E-state index in [0.717, 1.165) is 24.9 Å². The maximum atomic E-state index is 12.1. The summed E-state index contributed by atoms with van der Waals surface area (Å²) in [4.78, 5) is 14.1. The van der Waals surface area contributed by atoms with E-state index < -0.39 is 0 Å². The number of piperidine rings is 1. The van der Waals surface area contributed by atoms with Gasteiger partial charge in [-0.1, -0.05) is 0 Å². The third-order valence-electron chi connectivity index (χ3n) is 3.06. The number of likely N-dealkylation sites (tertiary alicyclic amines) is 1. The SMILES string of the molecule is O=C(Cc1ccsc1)N1CCCCC1CCl. The second-order valence-electron chi connectivity index (χ2n) is 4.20. The first kappa shape index (κ1) is 11.9. The van der Waals surface area contributed by atoms with Crippen molar-refractivity contribution in [2.45, 2.75) is 31.7 Å². The molecule has 1 aliphatic heterocycles. The number of nitrogens with zero attached hydrogens (tertiary/aromatic N) is 1. The quantitative estimate of drug-likeness (QED) is 0.763. The van der Waals surface area contributed by atoms with Gasteiger partial charge in [0.15, 0.2) is 0 Å². The Kier molecular flexibility index (Phi) is 4.24. The summed E-state index contributed by atoms with van der Waals surface area (Å²) in [6, 6.07) is 2.27. The monoisotopic (exact) mass is 257 g/mol. The number of thiophene rings is 1. The third kappa shape index (κ3) is 2.77. The summed E-state index contributed by atoms with van der Waals surface area (Å²) in [5.41, 5.74) is 1.12. The molecule has 2 nitrogen and oxygen atoms in total. The van der Waals surface area contributed by atoms with Crippen LogP contribution in [0.2, 0.25) is 0 Å². The molecule has 16 heavy (non-hydrogen) atoms. The fourth-order valence-electron chi connectivity index (χ4n) is 2.16. The van der Waals surface area contributed by atoms with Gasteiger partial charge in [0.05, 0.1) is 6.42 Å². The Labute approximate surface area is 105 Å². The van der Waals surface area contributed by atoms with E-state index in [1.165, 1.54) is 6.42 Å². The van der Waals surface area contributed by atoms with Crippen molar-refractivity contribution in [3.63, 3.8) is 0 Å². The molecular weight excluding hydrogens is 242 g/mol. The standard InChI is InChI=1S/C12H16ClNOS/c13-8-11-3-1-2-5-14(11)12(15)7-10-4-6-16-9-10/h4,6,9,11H,1-3,5,7-8H2. The molecule has 2 heterocycles. The molecule has 4 heteroatoms. The molecule has 1 amide bonds. The van der Waals surface area contributed by atoms with Gasteiger partial charge in [0.25, 0.3) is 0 Å². The van der Waals surface area contributed by atoms with Crippen LogP contribution >= 0.6 is 22.9 Å². The molecule has 0 N–H and O–H groups in total. The molecule has 88 valence electrons. The van der Waals surface area contributed by atoms with Crippen LogP contribution in [0.15, 0.2) is 16.8 Å². The van der Waals surface area contributed by atoms with Crippen LogP contribution < -0.4 is 0 Å². The van der Waals surface area contributed by atoms with Crippen molar-refractivity contribution in [1.82, 2.24) is 4.90 Å². The number of carbonyl (C=O) groups is 1. The number of rotatable bonds is 3. The Morgan fingerprint density at radius 3 is 3.12 bits per heavy atom. The van der Waals surface area contributed by atoms with Gasteiger partial charge in [0, 0.05) is 18.5 Å². The van der Waals surface area contributed by atoms with Gasteiger partial charge in [-0.25, -0.2) is 0 Å². The van der Waals surface area contributed by atoms with Gasteiger partial charge in [0.2, 0.25) is 5.91 Å². The van der Waals surface area contributed by atoms with Crippen LogP contribution in [0.25, 0.3) is 0 Å². The molecule has 1 saturated heterocycles. The summed E-state index contributed by atoms with van der Waals surface area (Å²) >= 11 is 7.55. The zero-order valence-electron chi connectivity index (χ0n) is 9.19. The maximum Gasteiger partial charge on any atom is 0.227 e. The fourth-order valence-corrected chi connectivity index (χ4v) is 3.15. The minimum absolute atomic E-state index is 0.226. The molecule has 1 atom stereocenters. The Morgan fingerprint density at radius 2 is 2.44 bits per heavy atom.